The van der Waals surface area contributed by atoms with Crippen molar-refractivity contribution >= 4 is 11.5 Å². The number of hydrogen-bond donors (Lipinski definition) is 1. The van der Waals surface area contributed by atoms with Gasteiger partial charge in [-0.05, 0) is 31.2 Å². The van der Waals surface area contributed by atoms with Crippen molar-refractivity contribution in [1.82, 2.24) is 15.3 Å². The highest BCUT2D eigenvalue weighted by Crippen LogP contribution is 2.21. The number of aromatic nitrogens is 2. The van der Waals surface area contributed by atoms with Crippen molar-refractivity contribution in [3.8, 4) is 0 Å². The molecule has 1 heterocycles. The van der Waals surface area contributed by atoms with E-state index in [-0.39, 0.29) is 0 Å². The zero-order chi connectivity index (χ0) is 13.7. The van der Waals surface area contributed by atoms with E-state index in [1.54, 1.807) is 12.4 Å². The van der Waals surface area contributed by atoms with Crippen molar-refractivity contribution in [2.24, 2.45) is 0 Å². The first-order valence-electron chi connectivity index (χ1n) is 6.52. The minimum atomic E-state index is 0.749. The molecule has 4 nitrogen and oxygen atoms in total. The van der Waals surface area contributed by atoms with E-state index in [0.717, 1.165) is 30.3 Å². The van der Waals surface area contributed by atoms with E-state index in [0.29, 0.717) is 0 Å². The zero-order valence-electron chi connectivity index (χ0n) is 11.7. The Morgan fingerprint density at radius 2 is 2.11 bits per heavy atom. The molecule has 0 fully saturated rings. The second-order valence-corrected chi connectivity index (χ2v) is 4.55. The topological polar surface area (TPSA) is 41.1 Å². The van der Waals surface area contributed by atoms with E-state index < -0.39 is 0 Å². The van der Waals surface area contributed by atoms with Gasteiger partial charge in [0.05, 0.1) is 11.9 Å². The summed E-state index contributed by atoms with van der Waals surface area (Å²) in [6.45, 7) is 5.85. The molecule has 1 aromatic carbocycles. The lowest BCUT2D eigenvalue weighted by molar-refractivity contribution is 0.707. The Balaban J connectivity index is 2.21. The summed E-state index contributed by atoms with van der Waals surface area (Å²) in [6, 6.07) is 8.35. The molecular weight excluding hydrogens is 236 g/mol. The summed E-state index contributed by atoms with van der Waals surface area (Å²) in [6.07, 6.45) is 3.59. The van der Waals surface area contributed by atoms with Gasteiger partial charge in [0.15, 0.2) is 5.82 Å². The second kappa shape index (κ2) is 6.29. The highest BCUT2D eigenvalue weighted by Gasteiger charge is 2.06. The Morgan fingerprint density at radius 3 is 2.84 bits per heavy atom. The fourth-order valence-corrected chi connectivity index (χ4v) is 1.86. The van der Waals surface area contributed by atoms with Gasteiger partial charge in [-0.25, -0.2) is 4.98 Å². The molecule has 4 heteroatoms. The average molecular weight is 256 g/mol. The fourth-order valence-electron chi connectivity index (χ4n) is 1.86. The SMILES string of the molecule is CCNCc1cncc(N(C)c2cccc(C)c2)n1. The molecule has 2 aromatic rings. The number of rotatable bonds is 5. The van der Waals surface area contributed by atoms with Crippen molar-refractivity contribution in [1.29, 1.82) is 0 Å². The largest absolute Gasteiger partial charge is 0.328 e. The van der Waals surface area contributed by atoms with Gasteiger partial charge in [0, 0.05) is 25.5 Å². The van der Waals surface area contributed by atoms with Gasteiger partial charge in [-0.15, -0.1) is 0 Å². The summed E-state index contributed by atoms with van der Waals surface area (Å²) in [5.41, 5.74) is 3.31. The smallest absolute Gasteiger partial charge is 0.151 e. The third kappa shape index (κ3) is 3.51. The molecule has 19 heavy (non-hydrogen) atoms. The lowest BCUT2D eigenvalue weighted by atomic mass is 10.2. The van der Waals surface area contributed by atoms with Gasteiger partial charge in [0.1, 0.15) is 0 Å². The van der Waals surface area contributed by atoms with Gasteiger partial charge >= 0.3 is 0 Å². The number of aryl methyl sites for hydroxylation is 1. The predicted octanol–water partition coefficient (Wildman–Crippen LogP) is 2.66. The zero-order valence-corrected chi connectivity index (χ0v) is 11.7. The van der Waals surface area contributed by atoms with Crippen LogP contribution in [-0.4, -0.2) is 23.6 Å². The van der Waals surface area contributed by atoms with Gasteiger partial charge in [0.25, 0.3) is 0 Å². The van der Waals surface area contributed by atoms with E-state index in [9.17, 15) is 0 Å². The van der Waals surface area contributed by atoms with Crippen LogP contribution in [0.3, 0.4) is 0 Å². The highest BCUT2D eigenvalue weighted by atomic mass is 15.2. The molecule has 0 bridgehead atoms. The summed E-state index contributed by atoms with van der Waals surface area (Å²) >= 11 is 0. The Kier molecular flexibility index (Phi) is 4.47. The monoisotopic (exact) mass is 256 g/mol. The van der Waals surface area contributed by atoms with E-state index in [1.165, 1.54) is 5.56 Å². The molecule has 0 radical (unpaired) electrons. The fraction of sp³-hybridized carbons (Fsp3) is 0.333. The van der Waals surface area contributed by atoms with Crippen molar-refractivity contribution in [2.45, 2.75) is 20.4 Å². The van der Waals surface area contributed by atoms with Crippen molar-refractivity contribution in [2.75, 3.05) is 18.5 Å². The van der Waals surface area contributed by atoms with E-state index >= 15 is 0 Å². The first kappa shape index (κ1) is 13.5. The first-order chi connectivity index (χ1) is 9.20. The predicted molar refractivity (Wildman–Crippen MR) is 78.7 cm³/mol. The number of hydrogen-bond acceptors (Lipinski definition) is 4. The summed E-state index contributed by atoms with van der Waals surface area (Å²) < 4.78 is 0. The van der Waals surface area contributed by atoms with Crippen LogP contribution >= 0.6 is 0 Å². The summed E-state index contributed by atoms with van der Waals surface area (Å²) in [7, 11) is 2.01. The van der Waals surface area contributed by atoms with Gasteiger partial charge in [-0.2, -0.15) is 0 Å². The molecule has 0 aliphatic rings. The van der Waals surface area contributed by atoms with Crippen LogP contribution in [0.5, 0.6) is 0 Å². The molecule has 0 aliphatic heterocycles. The summed E-state index contributed by atoms with van der Waals surface area (Å²) in [4.78, 5) is 10.9. The van der Waals surface area contributed by atoms with Crippen LogP contribution in [0.1, 0.15) is 18.2 Å². The third-order valence-electron chi connectivity index (χ3n) is 2.96. The summed E-state index contributed by atoms with van der Waals surface area (Å²) in [5.74, 6) is 0.862. The van der Waals surface area contributed by atoms with E-state index in [2.05, 4.69) is 58.3 Å². The minimum absolute atomic E-state index is 0.749. The molecule has 0 saturated carbocycles. The third-order valence-corrected chi connectivity index (χ3v) is 2.96. The number of nitrogens with one attached hydrogen (secondary N) is 1. The molecule has 1 N–H and O–H groups in total. The Bertz CT molecular complexity index is 539. The van der Waals surface area contributed by atoms with Crippen molar-refractivity contribution in [3.05, 3.63) is 47.9 Å². The molecule has 0 atom stereocenters. The highest BCUT2D eigenvalue weighted by molar-refractivity contribution is 5.59. The molecule has 0 saturated heterocycles. The summed E-state index contributed by atoms with van der Waals surface area (Å²) in [5, 5.41) is 3.26. The van der Waals surface area contributed by atoms with Crippen LogP contribution in [-0.2, 0) is 6.54 Å². The maximum Gasteiger partial charge on any atom is 0.151 e. The molecule has 2 rings (SSSR count). The van der Waals surface area contributed by atoms with Crippen molar-refractivity contribution < 1.29 is 0 Å². The molecule has 0 unspecified atom stereocenters. The normalized spacial score (nSPS) is 10.5. The Hall–Kier alpha value is -1.94. The van der Waals surface area contributed by atoms with Crippen LogP contribution < -0.4 is 10.2 Å². The standard InChI is InChI=1S/C15H20N4/c1-4-16-9-13-10-17-11-15(18-13)19(3)14-7-5-6-12(2)8-14/h5-8,10-11,16H,4,9H2,1-3H3. The van der Waals surface area contributed by atoms with Crippen LogP contribution in [0.4, 0.5) is 11.5 Å². The number of anilines is 2. The van der Waals surface area contributed by atoms with E-state index in [1.807, 2.05) is 7.05 Å². The molecule has 0 spiro atoms. The van der Waals surface area contributed by atoms with Crippen molar-refractivity contribution in [3.63, 3.8) is 0 Å². The van der Waals surface area contributed by atoms with Crippen LogP contribution in [0.15, 0.2) is 36.7 Å². The van der Waals surface area contributed by atoms with Crippen LogP contribution in [0.25, 0.3) is 0 Å². The Labute approximate surface area is 114 Å². The van der Waals surface area contributed by atoms with E-state index in [4.69, 9.17) is 0 Å². The first-order valence-corrected chi connectivity index (χ1v) is 6.52. The molecule has 1 aromatic heterocycles. The second-order valence-electron chi connectivity index (χ2n) is 4.55. The maximum atomic E-state index is 4.62. The van der Waals surface area contributed by atoms with Gasteiger partial charge < -0.3 is 10.2 Å². The average Bonchev–Trinajstić information content (AvgIpc) is 2.44. The lowest BCUT2D eigenvalue weighted by Gasteiger charge is -2.19. The van der Waals surface area contributed by atoms with Crippen LogP contribution in [0, 0.1) is 6.92 Å². The molecule has 0 amide bonds. The lowest BCUT2D eigenvalue weighted by Crippen LogP contribution is -2.16. The quantitative estimate of drug-likeness (QED) is 0.893. The number of benzene rings is 1. The van der Waals surface area contributed by atoms with Crippen LogP contribution in [0.2, 0.25) is 0 Å². The molecule has 100 valence electrons. The minimum Gasteiger partial charge on any atom is -0.328 e. The van der Waals surface area contributed by atoms with Gasteiger partial charge in [0.2, 0.25) is 0 Å². The number of nitrogens with zero attached hydrogens (tertiary/aromatic N) is 3. The molecular formula is C15H20N4. The molecule has 0 aliphatic carbocycles. The van der Waals surface area contributed by atoms with Gasteiger partial charge in [-0.3, -0.25) is 4.98 Å². The maximum absolute atomic E-state index is 4.62. The van der Waals surface area contributed by atoms with Gasteiger partial charge in [-0.1, -0.05) is 19.1 Å². The Morgan fingerprint density at radius 1 is 1.26 bits per heavy atom.